The highest BCUT2D eigenvalue weighted by Crippen LogP contribution is 2.20. The normalized spacial score (nSPS) is 10.6. The topological polar surface area (TPSA) is 78.0 Å². The minimum atomic E-state index is -0.529. The van der Waals surface area contributed by atoms with Gasteiger partial charge in [0.1, 0.15) is 0 Å². The molecule has 0 aliphatic carbocycles. The fourth-order valence-corrected chi connectivity index (χ4v) is 1.72. The number of fused-ring (bicyclic) bond motifs is 1. The first kappa shape index (κ1) is 11.3. The highest BCUT2D eigenvalue weighted by Gasteiger charge is 2.14. The van der Waals surface area contributed by atoms with Gasteiger partial charge in [0.25, 0.3) is 11.2 Å². The molecule has 0 spiro atoms. The zero-order valence-electron chi connectivity index (χ0n) is 9.29. The van der Waals surface area contributed by atoms with E-state index in [4.69, 9.17) is 0 Å². The maximum absolute atomic E-state index is 12.0. The molecule has 0 amide bonds. The molecule has 2 rings (SSSR count). The summed E-state index contributed by atoms with van der Waals surface area (Å²) in [4.78, 5) is 26.3. The van der Waals surface area contributed by atoms with Crippen molar-refractivity contribution in [2.75, 3.05) is 0 Å². The first-order valence-corrected chi connectivity index (χ1v) is 5.27. The lowest BCUT2D eigenvalue weighted by Crippen LogP contribution is -2.20. The van der Waals surface area contributed by atoms with Crippen molar-refractivity contribution in [1.82, 2.24) is 9.55 Å². The van der Waals surface area contributed by atoms with Gasteiger partial charge >= 0.3 is 0 Å². The Hall–Kier alpha value is -2.24. The van der Waals surface area contributed by atoms with Crippen molar-refractivity contribution in [3.8, 4) is 0 Å². The summed E-state index contributed by atoms with van der Waals surface area (Å²) in [5.74, 6) is 0. The molecule has 0 fully saturated rings. The summed E-state index contributed by atoms with van der Waals surface area (Å²) in [6.45, 7) is 2.51. The summed E-state index contributed by atoms with van der Waals surface area (Å²) in [5, 5.41) is 11.1. The number of aryl methyl sites for hydroxylation is 1. The smallest absolute Gasteiger partial charge is 0.295 e. The van der Waals surface area contributed by atoms with E-state index in [-0.39, 0.29) is 22.1 Å². The van der Waals surface area contributed by atoms with Gasteiger partial charge in [-0.1, -0.05) is 13.0 Å². The first-order valence-electron chi connectivity index (χ1n) is 5.27. The summed E-state index contributed by atoms with van der Waals surface area (Å²) in [7, 11) is 0. The Labute approximate surface area is 96.7 Å². The number of hydrogen-bond donors (Lipinski definition) is 0. The molecule has 0 radical (unpaired) electrons. The Bertz CT molecular complexity index is 633. The highest BCUT2D eigenvalue weighted by atomic mass is 16.6. The van der Waals surface area contributed by atoms with Crippen molar-refractivity contribution >= 4 is 16.6 Å². The maximum atomic E-state index is 12.0. The van der Waals surface area contributed by atoms with Crippen LogP contribution in [0.15, 0.2) is 29.3 Å². The number of nitro groups is 1. The van der Waals surface area contributed by atoms with E-state index < -0.39 is 4.92 Å². The average molecular weight is 233 g/mol. The van der Waals surface area contributed by atoms with E-state index in [0.717, 1.165) is 6.42 Å². The van der Waals surface area contributed by atoms with Gasteiger partial charge in [-0.3, -0.25) is 19.5 Å². The van der Waals surface area contributed by atoms with Crippen molar-refractivity contribution in [3.05, 3.63) is 45.0 Å². The molecule has 0 saturated carbocycles. The van der Waals surface area contributed by atoms with E-state index in [2.05, 4.69) is 4.98 Å². The van der Waals surface area contributed by atoms with Crippen LogP contribution in [0.2, 0.25) is 0 Å². The fraction of sp³-hybridized carbons (Fsp3) is 0.273. The molecule has 0 N–H and O–H groups in total. The van der Waals surface area contributed by atoms with Crippen LogP contribution in [0.3, 0.4) is 0 Å². The molecule has 1 aromatic carbocycles. The molecule has 88 valence electrons. The van der Waals surface area contributed by atoms with Gasteiger partial charge < -0.3 is 0 Å². The van der Waals surface area contributed by atoms with Gasteiger partial charge in [-0.2, -0.15) is 0 Å². The number of nitrogens with zero attached hydrogens (tertiary/aromatic N) is 3. The summed E-state index contributed by atoms with van der Waals surface area (Å²) in [6.07, 6.45) is 2.17. The predicted molar refractivity (Wildman–Crippen MR) is 62.9 cm³/mol. The second kappa shape index (κ2) is 4.32. The zero-order chi connectivity index (χ0) is 12.4. The molecule has 0 saturated heterocycles. The Kier molecular flexibility index (Phi) is 2.86. The fourth-order valence-electron chi connectivity index (χ4n) is 1.72. The third-order valence-electron chi connectivity index (χ3n) is 2.49. The number of rotatable bonds is 3. The SMILES string of the molecule is CCCn1cnc2c([N+](=O)[O-])cccc2c1=O. The third kappa shape index (κ3) is 1.89. The van der Waals surface area contributed by atoms with Crippen molar-refractivity contribution < 1.29 is 4.92 Å². The van der Waals surface area contributed by atoms with Crippen LogP contribution in [0.4, 0.5) is 5.69 Å². The lowest BCUT2D eigenvalue weighted by Gasteiger charge is -2.04. The Morgan fingerprint density at radius 3 is 2.88 bits per heavy atom. The lowest BCUT2D eigenvalue weighted by molar-refractivity contribution is -0.383. The number of hydrogen-bond acceptors (Lipinski definition) is 4. The molecular formula is C11H11N3O3. The molecule has 17 heavy (non-hydrogen) atoms. The average Bonchev–Trinajstić information content (AvgIpc) is 2.32. The van der Waals surface area contributed by atoms with E-state index in [1.165, 1.54) is 23.0 Å². The molecule has 1 aromatic heterocycles. The zero-order valence-corrected chi connectivity index (χ0v) is 9.29. The molecule has 0 unspecified atom stereocenters. The molecule has 0 atom stereocenters. The molecule has 0 aliphatic heterocycles. The van der Waals surface area contributed by atoms with Crippen molar-refractivity contribution in [3.63, 3.8) is 0 Å². The Balaban J connectivity index is 2.76. The molecule has 2 aromatic rings. The minimum absolute atomic E-state index is 0.136. The van der Waals surface area contributed by atoms with Gasteiger partial charge in [0.05, 0.1) is 16.6 Å². The molecule has 0 aliphatic rings. The number of non-ortho nitro benzene ring substituents is 1. The molecular weight excluding hydrogens is 222 g/mol. The first-order chi connectivity index (χ1) is 8.15. The van der Waals surface area contributed by atoms with Crippen molar-refractivity contribution in [1.29, 1.82) is 0 Å². The van der Waals surface area contributed by atoms with Gasteiger partial charge in [0, 0.05) is 12.6 Å². The number of aromatic nitrogens is 2. The van der Waals surface area contributed by atoms with E-state index in [0.29, 0.717) is 6.54 Å². The van der Waals surface area contributed by atoms with Crippen LogP contribution >= 0.6 is 0 Å². The van der Waals surface area contributed by atoms with Crippen LogP contribution in [0, 0.1) is 10.1 Å². The van der Waals surface area contributed by atoms with Crippen molar-refractivity contribution in [2.45, 2.75) is 19.9 Å². The molecule has 6 heteroatoms. The molecule has 0 bridgehead atoms. The summed E-state index contributed by atoms with van der Waals surface area (Å²) in [5.41, 5.74) is -0.223. The molecule has 1 heterocycles. The highest BCUT2D eigenvalue weighted by molar-refractivity contribution is 5.85. The third-order valence-corrected chi connectivity index (χ3v) is 2.49. The van der Waals surface area contributed by atoms with Gasteiger partial charge in [-0.15, -0.1) is 0 Å². The van der Waals surface area contributed by atoms with Crippen LogP contribution in [0.25, 0.3) is 10.9 Å². The lowest BCUT2D eigenvalue weighted by atomic mass is 10.2. The Morgan fingerprint density at radius 1 is 1.47 bits per heavy atom. The van der Waals surface area contributed by atoms with E-state index in [1.807, 2.05) is 6.92 Å². The van der Waals surface area contributed by atoms with Crippen LogP contribution in [-0.4, -0.2) is 14.5 Å². The van der Waals surface area contributed by atoms with Gasteiger partial charge in [0.2, 0.25) is 0 Å². The van der Waals surface area contributed by atoms with Crippen LogP contribution in [-0.2, 0) is 6.54 Å². The number of benzene rings is 1. The van der Waals surface area contributed by atoms with E-state index in [1.54, 1.807) is 6.07 Å². The van der Waals surface area contributed by atoms with Crippen LogP contribution in [0.1, 0.15) is 13.3 Å². The van der Waals surface area contributed by atoms with Gasteiger partial charge in [-0.25, -0.2) is 4.98 Å². The monoisotopic (exact) mass is 233 g/mol. The van der Waals surface area contributed by atoms with E-state index >= 15 is 0 Å². The standard InChI is InChI=1S/C11H11N3O3/c1-2-6-13-7-12-10-8(11(13)15)4-3-5-9(10)14(16)17/h3-5,7H,2,6H2,1H3. The summed E-state index contributed by atoms with van der Waals surface area (Å²) >= 11 is 0. The summed E-state index contributed by atoms with van der Waals surface area (Å²) in [6, 6.07) is 4.41. The van der Waals surface area contributed by atoms with Crippen LogP contribution in [0.5, 0.6) is 0 Å². The van der Waals surface area contributed by atoms with E-state index in [9.17, 15) is 14.9 Å². The Morgan fingerprint density at radius 2 is 2.24 bits per heavy atom. The van der Waals surface area contributed by atoms with Crippen LogP contribution < -0.4 is 5.56 Å². The number of para-hydroxylation sites is 1. The van der Waals surface area contributed by atoms with Gasteiger partial charge in [0.15, 0.2) is 5.52 Å². The molecule has 6 nitrogen and oxygen atoms in total. The number of nitro benzene ring substituents is 1. The largest absolute Gasteiger partial charge is 0.299 e. The summed E-state index contributed by atoms with van der Waals surface area (Å²) < 4.78 is 1.46. The quantitative estimate of drug-likeness (QED) is 0.597. The second-order valence-corrected chi connectivity index (χ2v) is 3.67. The predicted octanol–water partition coefficient (Wildman–Crippen LogP) is 1.71. The van der Waals surface area contributed by atoms with Gasteiger partial charge in [-0.05, 0) is 12.5 Å². The minimum Gasteiger partial charge on any atom is -0.299 e. The van der Waals surface area contributed by atoms with Crippen molar-refractivity contribution in [2.24, 2.45) is 0 Å². The second-order valence-electron chi connectivity index (χ2n) is 3.67. The maximum Gasteiger partial charge on any atom is 0.295 e.